The van der Waals surface area contributed by atoms with Crippen LogP contribution in [0.3, 0.4) is 0 Å². The average molecular weight is 233 g/mol. The van der Waals surface area contributed by atoms with Crippen molar-refractivity contribution in [2.45, 2.75) is 25.8 Å². The number of nitro groups is 1. The minimum Gasteiger partial charge on any atom is -0.302 e. The summed E-state index contributed by atoms with van der Waals surface area (Å²) in [5.41, 5.74) is 1.13. The Morgan fingerprint density at radius 1 is 1.47 bits per heavy atom. The van der Waals surface area contributed by atoms with Gasteiger partial charge in [-0.1, -0.05) is 19.1 Å². The molecule has 0 saturated carbocycles. The van der Waals surface area contributed by atoms with Crippen molar-refractivity contribution in [3.8, 4) is 6.07 Å². The van der Waals surface area contributed by atoms with Gasteiger partial charge in [-0.2, -0.15) is 5.26 Å². The van der Waals surface area contributed by atoms with Crippen LogP contribution >= 0.6 is 0 Å². The molecule has 0 spiro atoms. The summed E-state index contributed by atoms with van der Waals surface area (Å²) >= 11 is 0. The second kappa shape index (κ2) is 6.61. The fraction of sp³-hybridized carbons (Fsp3) is 0.417. The van der Waals surface area contributed by atoms with Gasteiger partial charge < -0.3 is 5.32 Å². The molecule has 0 aliphatic carbocycles. The van der Waals surface area contributed by atoms with Crippen molar-refractivity contribution in [2.24, 2.45) is 0 Å². The van der Waals surface area contributed by atoms with Crippen molar-refractivity contribution >= 4 is 5.69 Å². The number of nitro benzene ring substituents is 1. The lowest BCUT2D eigenvalue weighted by atomic mass is 10.1. The van der Waals surface area contributed by atoms with Gasteiger partial charge in [-0.15, -0.1) is 0 Å². The van der Waals surface area contributed by atoms with E-state index in [1.54, 1.807) is 12.1 Å². The van der Waals surface area contributed by atoms with E-state index in [0.717, 1.165) is 18.4 Å². The van der Waals surface area contributed by atoms with E-state index in [9.17, 15) is 10.1 Å². The molecule has 0 aliphatic heterocycles. The van der Waals surface area contributed by atoms with Gasteiger partial charge in [0.1, 0.15) is 0 Å². The Balaban J connectivity index is 2.43. The zero-order valence-electron chi connectivity index (χ0n) is 9.72. The molecule has 0 saturated heterocycles. The quantitative estimate of drug-likeness (QED) is 0.602. The standard InChI is InChI=1S/C12H15N3O2/c1-2-11(9-13)14-8-7-10-3-5-12(6-4-10)15(16)17/h3-6,11,14H,2,7-8H2,1H3. The van der Waals surface area contributed by atoms with Gasteiger partial charge in [0, 0.05) is 18.7 Å². The van der Waals surface area contributed by atoms with E-state index >= 15 is 0 Å². The molecule has 90 valence electrons. The first-order valence-corrected chi connectivity index (χ1v) is 5.53. The Morgan fingerprint density at radius 2 is 2.12 bits per heavy atom. The van der Waals surface area contributed by atoms with Crippen molar-refractivity contribution in [2.75, 3.05) is 6.54 Å². The summed E-state index contributed by atoms with van der Waals surface area (Å²) in [7, 11) is 0. The first kappa shape index (κ1) is 13.1. The summed E-state index contributed by atoms with van der Waals surface area (Å²) in [5, 5.41) is 22.3. The monoisotopic (exact) mass is 233 g/mol. The smallest absolute Gasteiger partial charge is 0.269 e. The molecule has 0 fully saturated rings. The normalized spacial score (nSPS) is 11.8. The Labute approximate surface area is 100 Å². The van der Waals surface area contributed by atoms with E-state index in [-0.39, 0.29) is 11.7 Å². The van der Waals surface area contributed by atoms with Gasteiger partial charge in [-0.05, 0) is 18.4 Å². The van der Waals surface area contributed by atoms with Crippen LogP contribution in [0.25, 0.3) is 0 Å². The van der Waals surface area contributed by atoms with Crippen molar-refractivity contribution < 1.29 is 4.92 Å². The molecule has 1 aromatic rings. The zero-order valence-corrected chi connectivity index (χ0v) is 9.72. The van der Waals surface area contributed by atoms with Crippen LogP contribution in [0, 0.1) is 21.4 Å². The second-order valence-electron chi connectivity index (χ2n) is 3.72. The number of benzene rings is 1. The SMILES string of the molecule is CCC(C#N)NCCc1ccc([N+](=O)[O-])cc1. The van der Waals surface area contributed by atoms with Gasteiger partial charge in [0.25, 0.3) is 5.69 Å². The molecule has 0 aliphatic rings. The van der Waals surface area contributed by atoms with E-state index in [2.05, 4.69) is 11.4 Å². The van der Waals surface area contributed by atoms with Gasteiger partial charge >= 0.3 is 0 Å². The Kier molecular flexibility index (Phi) is 5.11. The second-order valence-corrected chi connectivity index (χ2v) is 3.72. The van der Waals surface area contributed by atoms with Crippen LogP contribution in [-0.4, -0.2) is 17.5 Å². The number of nitrogens with one attached hydrogen (secondary N) is 1. The van der Waals surface area contributed by atoms with Crippen LogP contribution < -0.4 is 5.32 Å². The maximum absolute atomic E-state index is 10.5. The lowest BCUT2D eigenvalue weighted by molar-refractivity contribution is -0.384. The highest BCUT2D eigenvalue weighted by molar-refractivity contribution is 5.32. The molecule has 0 bridgehead atoms. The molecule has 1 atom stereocenters. The van der Waals surface area contributed by atoms with E-state index in [4.69, 9.17) is 5.26 Å². The fourth-order valence-corrected chi connectivity index (χ4v) is 1.46. The van der Waals surface area contributed by atoms with Crippen LogP contribution in [0.1, 0.15) is 18.9 Å². The highest BCUT2D eigenvalue weighted by Crippen LogP contribution is 2.11. The number of non-ortho nitro benzene ring substituents is 1. The lowest BCUT2D eigenvalue weighted by Crippen LogP contribution is -2.28. The number of hydrogen-bond acceptors (Lipinski definition) is 4. The number of hydrogen-bond donors (Lipinski definition) is 1. The van der Waals surface area contributed by atoms with Gasteiger partial charge in [0.05, 0.1) is 17.0 Å². The van der Waals surface area contributed by atoms with Crippen LogP contribution in [0.15, 0.2) is 24.3 Å². The predicted octanol–water partition coefficient (Wildman–Crippen LogP) is 2.03. The molecule has 0 heterocycles. The van der Waals surface area contributed by atoms with E-state index in [1.165, 1.54) is 12.1 Å². The molecule has 1 N–H and O–H groups in total. The number of nitriles is 1. The van der Waals surface area contributed by atoms with Crippen LogP contribution in [0.4, 0.5) is 5.69 Å². The van der Waals surface area contributed by atoms with E-state index < -0.39 is 4.92 Å². The average Bonchev–Trinajstić information content (AvgIpc) is 2.35. The van der Waals surface area contributed by atoms with Crippen LogP contribution in [-0.2, 0) is 6.42 Å². The summed E-state index contributed by atoms with van der Waals surface area (Å²) in [5.74, 6) is 0. The first-order chi connectivity index (χ1) is 8.17. The topological polar surface area (TPSA) is 79.0 Å². The molecule has 17 heavy (non-hydrogen) atoms. The van der Waals surface area contributed by atoms with Crippen molar-refractivity contribution in [3.05, 3.63) is 39.9 Å². The van der Waals surface area contributed by atoms with Crippen molar-refractivity contribution in [1.82, 2.24) is 5.32 Å². The maximum atomic E-state index is 10.5. The molecule has 1 rings (SSSR count). The van der Waals surface area contributed by atoms with Crippen molar-refractivity contribution in [3.63, 3.8) is 0 Å². The molecule has 1 aromatic carbocycles. The third-order valence-corrected chi connectivity index (χ3v) is 2.52. The Morgan fingerprint density at radius 3 is 2.59 bits per heavy atom. The Bertz CT molecular complexity index is 409. The summed E-state index contributed by atoms with van der Waals surface area (Å²) in [4.78, 5) is 10.0. The molecule has 0 aromatic heterocycles. The number of rotatable bonds is 6. The summed E-state index contributed by atoms with van der Waals surface area (Å²) < 4.78 is 0. The fourth-order valence-electron chi connectivity index (χ4n) is 1.46. The van der Waals surface area contributed by atoms with Gasteiger partial charge in [-0.25, -0.2) is 0 Å². The van der Waals surface area contributed by atoms with Gasteiger partial charge in [0.15, 0.2) is 0 Å². The maximum Gasteiger partial charge on any atom is 0.269 e. The van der Waals surface area contributed by atoms with Crippen LogP contribution in [0.5, 0.6) is 0 Å². The first-order valence-electron chi connectivity index (χ1n) is 5.53. The molecule has 5 heteroatoms. The summed E-state index contributed by atoms with van der Waals surface area (Å²) in [6, 6.07) is 8.52. The molecule has 1 unspecified atom stereocenters. The molecule has 0 radical (unpaired) electrons. The number of nitrogens with zero attached hydrogens (tertiary/aromatic N) is 2. The molecule has 5 nitrogen and oxygen atoms in total. The Hall–Kier alpha value is -1.93. The third kappa shape index (κ3) is 4.21. The molecular weight excluding hydrogens is 218 g/mol. The van der Waals surface area contributed by atoms with Gasteiger partial charge in [-0.3, -0.25) is 10.1 Å². The lowest BCUT2D eigenvalue weighted by Gasteiger charge is -2.08. The third-order valence-electron chi connectivity index (χ3n) is 2.52. The van der Waals surface area contributed by atoms with Crippen molar-refractivity contribution in [1.29, 1.82) is 5.26 Å². The minimum absolute atomic E-state index is 0.102. The zero-order chi connectivity index (χ0) is 12.7. The van der Waals surface area contributed by atoms with E-state index in [1.807, 2.05) is 6.92 Å². The van der Waals surface area contributed by atoms with Gasteiger partial charge in [0.2, 0.25) is 0 Å². The van der Waals surface area contributed by atoms with Crippen LogP contribution in [0.2, 0.25) is 0 Å². The largest absolute Gasteiger partial charge is 0.302 e. The summed E-state index contributed by atoms with van der Waals surface area (Å²) in [6.07, 6.45) is 1.53. The minimum atomic E-state index is -0.412. The van der Waals surface area contributed by atoms with E-state index in [0.29, 0.717) is 6.54 Å². The predicted molar refractivity (Wildman–Crippen MR) is 64.5 cm³/mol. The highest BCUT2D eigenvalue weighted by atomic mass is 16.6. The highest BCUT2D eigenvalue weighted by Gasteiger charge is 2.05. The summed E-state index contributed by atoms with van der Waals surface area (Å²) in [6.45, 7) is 2.65. The molecule has 0 amide bonds. The molecular formula is C12H15N3O2.